The quantitative estimate of drug-likeness (QED) is 0.275. The number of nitrogens with one attached hydrogen (secondary N) is 2. The summed E-state index contributed by atoms with van der Waals surface area (Å²) in [5.41, 5.74) is 15.0. The Labute approximate surface area is 86.4 Å². The Morgan fingerprint density at radius 1 is 1.08 bits per heavy atom. The van der Waals surface area contributed by atoms with Gasteiger partial charge in [-0.3, -0.25) is 10.9 Å². The number of rotatable bonds is 4. The number of hydrogen-bond donors (Lipinski definition) is 4. The third-order valence-electron chi connectivity index (χ3n) is 0.743. The molecule has 8 heteroatoms. The Bertz CT molecular complexity index is 211. The SMILES string of the molecule is NC(=S)NN=CCC=NNC(N)=S. The zero-order chi connectivity index (χ0) is 10.1. The highest BCUT2D eigenvalue weighted by atomic mass is 32.1. The first-order chi connectivity index (χ1) is 6.13. The Morgan fingerprint density at radius 2 is 1.46 bits per heavy atom. The number of hydrazone groups is 2. The van der Waals surface area contributed by atoms with Crippen molar-refractivity contribution in [3.63, 3.8) is 0 Å². The highest BCUT2D eigenvalue weighted by Crippen LogP contribution is 1.67. The number of nitrogens with zero attached hydrogens (tertiary/aromatic N) is 2. The predicted octanol–water partition coefficient (Wildman–Crippen LogP) is -0.986. The van der Waals surface area contributed by atoms with Gasteiger partial charge in [0.15, 0.2) is 10.2 Å². The molecule has 0 radical (unpaired) electrons. The first-order valence-corrected chi connectivity index (χ1v) is 4.08. The maximum absolute atomic E-state index is 5.10. The molecule has 0 rings (SSSR count). The van der Waals surface area contributed by atoms with E-state index in [1.54, 1.807) is 12.4 Å². The van der Waals surface area contributed by atoms with Gasteiger partial charge in [-0.05, 0) is 24.4 Å². The summed E-state index contributed by atoms with van der Waals surface area (Å²) in [5.74, 6) is 0. The van der Waals surface area contributed by atoms with Crippen LogP contribution in [0.25, 0.3) is 0 Å². The van der Waals surface area contributed by atoms with Crippen molar-refractivity contribution in [3.8, 4) is 0 Å². The van der Waals surface area contributed by atoms with Crippen LogP contribution in [-0.2, 0) is 0 Å². The molecule has 0 aromatic heterocycles. The molecule has 0 aliphatic carbocycles. The summed E-state index contributed by atoms with van der Waals surface area (Å²) in [4.78, 5) is 0. The Morgan fingerprint density at radius 3 is 1.77 bits per heavy atom. The van der Waals surface area contributed by atoms with Crippen LogP contribution in [0.4, 0.5) is 0 Å². The lowest BCUT2D eigenvalue weighted by Gasteiger charge is -1.92. The van der Waals surface area contributed by atoms with Crippen molar-refractivity contribution in [3.05, 3.63) is 0 Å². The summed E-state index contributed by atoms with van der Waals surface area (Å²) < 4.78 is 0. The van der Waals surface area contributed by atoms with Gasteiger partial charge >= 0.3 is 0 Å². The smallest absolute Gasteiger partial charge is 0.184 e. The third-order valence-corrected chi connectivity index (χ3v) is 0.925. The summed E-state index contributed by atoms with van der Waals surface area (Å²) >= 11 is 9.01. The van der Waals surface area contributed by atoms with Gasteiger partial charge in [-0.15, -0.1) is 0 Å². The van der Waals surface area contributed by atoms with Gasteiger partial charge in [0.25, 0.3) is 0 Å². The maximum atomic E-state index is 5.10. The van der Waals surface area contributed by atoms with E-state index in [-0.39, 0.29) is 10.2 Å². The molecule has 6 nitrogen and oxygen atoms in total. The van der Waals surface area contributed by atoms with Crippen LogP contribution >= 0.6 is 24.4 Å². The second-order valence-electron chi connectivity index (χ2n) is 1.81. The topological polar surface area (TPSA) is 101 Å². The van der Waals surface area contributed by atoms with E-state index in [0.29, 0.717) is 6.42 Å². The van der Waals surface area contributed by atoms with Crippen LogP contribution < -0.4 is 22.3 Å². The highest BCUT2D eigenvalue weighted by Gasteiger charge is 1.79. The molecule has 0 fully saturated rings. The fourth-order valence-corrected chi connectivity index (χ4v) is 0.476. The molecule has 0 aliphatic heterocycles. The minimum absolute atomic E-state index is 0.120. The van der Waals surface area contributed by atoms with E-state index in [4.69, 9.17) is 11.5 Å². The maximum Gasteiger partial charge on any atom is 0.184 e. The summed E-state index contributed by atoms with van der Waals surface area (Å²) in [6, 6.07) is 0. The summed E-state index contributed by atoms with van der Waals surface area (Å²) in [6.45, 7) is 0. The van der Waals surface area contributed by atoms with Gasteiger partial charge in [-0.1, -0.05) is 0 Å². The van der Waals surface area contributed by atoms with Crippen LogP contribution in [0.3, 0.4) is 0 Å². The van der Waals surface area contributed by atoms with Gasteiger partial charge in [0.2, 0.25) is 0 Å². The third kappa shape index (κ3) is 10.7. The predicted molar refractivity (Wildman–Crippen MR) is 61.4 cm³/mol. The van der Waals surface area contributed by atoms with Crippen molar-refractivity contribution in [1.82, 2.24) is 10.9 Å². The fourth-order valence-electron chi connectivity index (χ4n) is 0.371. The van der Waals surface area contributed by atoms with E-state index >= 15 is 0 Å². The van der Waals surface area contributed by atoms with Crippen LogP contribution in [0.5, 0.6) is 0 Å². The summed E-state index contributed by atoms with van der Waals surface area (Å²) in [6.07, 6.45) is 3.61. The van der Waals surface area contributed by atoms with Gasteiger partial charge in [-0.25, -0.2) is 0 Å². The molecule has 0 saturated heterocycles. The molecule has 6 N–H and O–H groups in total. The van der Waals surface area contributed by atoms with Crippen LogP contribution in [0.15, 0.2) is 10.2 Å². The normalized spacial score (nSPS) is 10.5. The first kappa shape index (κ1) is 11.7. The van der Waals surface area contributed by atoms with E-state index < -0.39 is 0 Å². The summed E-state index contributed by atoms with van der Waals surface area (Å²) in [7, 11) is 0. The van der Waals surface area contributed by atoms with Gasteiger partial charge in [-0.2, -0.15) is 10.2 Å². The zero-order valence-corrected chi connectivity index (χ0v) is 8.36. The molecule has 0 atom stereocenters. The van der Waals surface area contributed by atoms with Crippen molar-refractivity contribution >= 4 is 47.1 Å². The van der Waals surface area contributed by atoms with Gasteiger partial charge in [0.1, 0.15) is 0 Å². The van der Waals surface area contributed by atoms with Crippen molar-refractivity contribution in [2.45, 2.75) is 6.42 Å². The Hall–Kier alpha value is -1.28. The molecule has 0 heterocycles. The van der Waals surface area contributed by atoms with Crippen LogP contribution in [0.1, 0.15) is 6.42 Å². The van der Waals surface area contributed by atoms with Crippen molar-refractivity contribution in [2.75, 3.05) is 0 Å². The van der Waals surface area contributed by atoms with Crippen molar-refractivity contribution < 1.29 is 0 Å². The lowest BCUT2D eigenvalue weighted by atomic mass is 10.5. The molecule has 0 aliphatic rings. The lowest BCUT2D eigenvalue weighted by Crippen LogP contribution is -2.24. The van der Waals surface area contributed by atoms with Gasteiger partial charge in [0, 0.05) is 18.9 Å². The monoisotopic (exact) mass is 218 g/mol. The van der Waals surface area contributed by atoms with Gasteiger partial charge < -0.3 is 11.5 Å². The second kappa shape index (κ2) is 7.37. The molecule has 0 aromatic rings. The highest BCUT2D eigenvalue weighted by molar-refractivity contribution is 7.80. The Balaban J connectivity index is 3.43. The number of nitrogens with two attached hydrogens (primary N) is 2. The minimum atomic E-state index is 0.120. The first-order valence-electron chi connectivity index (χ1n) is 3.27. The van der Waals surface area contributed by atoms with E-state index in [9.17, 15) is 0 Å². The number of hydrogen-bond acceptors (Lipinski definition) is 4. The molecule has 0 spiro atoms. The number of thiocarbonyl (C=S) groups is 2. The second-order valence-corrected chi connectivity index (χ2v) is 2.69. The van der Waals surface area contributed by atoms with Crippen LogP contribution in [0.2, 0.25) is 0 Å². The molecule has 0 bridgehead atoms. The van der Waals surface area contributed by atoms with E-state index in [1.165, 1.54) is 0 Å². The van der Waals surface area contributed by atoms with E-state index in [0.717, 1.165) is 0 Å². The molecule has 0 unspecified atom stereocenters. The molecule has 72 valence electrons. The molecule has 13 heavy (non-hydrogen) atoms. The molecule has 0 amide bonds. The van der Waals surface area contributed by atoms with Crippen LogP contribution in [-0.4, -0.2) is 22.7 Å². The average molecular weight is 218 g/mol. The molecular weight excluding hydrogens is 208 g/mol. The van der Waals surface area contributed by atoms with Crippen LogP contribution in [0, 0.1) is 0 Å². The van der Waals surface area contributed by atoms with Crippen molar-refractivity contribution in [1.29, 1.82) is 0 Å². The molecule has 0 aromatic carbocycles. The lowest BCUT2D eigenvalue weighted by molar-refractivity contribution is 1.03. The Kier molecular flexibility index (Phi) is 6.65. The summed E-state index contributed by atoms with van der Waals surface area (Å²) in [5, 5.41) is 7.57. The van der Waals surface area contributed by atoms with Gasteiger partial charge in [0.05, 0.1) is 0 Å². The van der Waals surface area contributed by atoms with Crippen molar-refractivity contribution in [2.24, 2.45) is 21.7 Å². The fraction of sp³-hybridized carbons (Fsp3) is 0.200. The minimum Gasteiger partial charge on any atom is -0.375 e. The largest absolute Gasteiger partial charge is 0.375 e. The van der Waals surface area contributed by atoms with E-state index in [2.05, 4.69) is 45.5 Å². The molecule has 0 saturated carbocycles. The van der Waals surface area contributed by atoms with E-state index in [1.807, 2.05) is 0 Å². The molecular formula is C5H10N6S2. The standard InChI is InChI=1S/C5H10N6S2/c6-4(12)10-8-2-1-3-9-11-5(7)13/h2-3H,1H2,(H3,6,10,12)(H3,7,11,13). The average Bonchev–Trinajstić information content (AvgIpc) is 2.01. The zero-order valence-electron chi connectivity index (χ0n) is 6.73.